The predicted octanol–water partition coefficient (Wildman–Crippen LogP) is 3.43. The lowest BCUT2D eigenvalue weighted by Crippen LogP contribution is -2.20. The Kier molecular flexibility index (Phi) is 5.27. The third kappa shape index (κ3) is 4.50. The number of aromatic nitrogens is 5. The molecule has 0 aliphatic heterocycles. The molecule has 0 aliphatic rings. The fourth-order valence-corrected chi connectivity index (χ4v) is 2.76. The molecule has 7 nitrogen and oxygen atoms in total. The van der Waals surface area contributed by atoms with Gasteiger partial charge in [0.05, 0.1) is 17.3 Å². The molecule has 10 heteroatoms. The van der Waals surface area contributed by atoms with Crippen LogP contribution in [-0.4, -0.2) is 30.5 Å². The van der Waals surface area contributed by atoms with Crippen molar-refractivity contribution in [3.8, 4) is 0 Å². The topological polar surface area (TPSA) is 77.6 Å². The number of nitrogens with one attached hydrogen (secondary N) is 1. The van der Waals surface area contributed by atoms with Crippen LogP contribution in [0.4, 0.5) is 5.95 Å². The first kappa shape index (κ1) is 17.7. The van der Waals surface area contributed by atoms with E-state index in [0.717, 1.165) is 5.56 Å². The van der Waals surface area contributed by atoms with Crippen LogP contribution in [0.25, 0.3) is 0 Å². The third-order valence-corrected chi connectivity index (χ3v) is 4.29. The Balaban J connectivity index is 1.62. The van der Waals surface area contributed by atoms with Gasteiger partial charge in [-0.05, 0) is 24.6 Å². The van der Waals surface area contributed by atoms with Crippen molar-refractivity contribution < 1.29 is 4.79 Å². The smallest absolute Gasteiger partial charge is 0.248 e. The van der Waals surface area contributed by atoms with Gasteiger partial charge in [-0.25, -0.2) is 9.67 Å². The summed E-state index contributed by atoms with van der Waals surface area (Å²) in [6.45, 7) is 2.19. The van der Waals surface area contributed by atoms with Crippen molar-refractivity contribution in [3.05, 3.63) is 57.0 Å². The number of carbonyl (C=O) groups is 1. The van der Waals surface area contributed by atoms with Crippen LogP contribution >= 0.6 is 34.8 Å². The minimum Gasteiger partial charge on any atom is -0.292 e. The van der Waals surface area contributed by atoms with E-state index in [0.29, 0.717) is 27.3 Å². The van der Waals surface area contributed by atoms with Crippen LogP contribution in [0.1, 0.15) is 11.3 Å². The zero-order valence-corrected chi connectivity index (χ0v) is 15.3. The molecule has 3 rings (SSSR count). The van der Waals surface area contributed by atoms with Crippen molar-refractivity contribution in [1.82, 2.24) is 24.5 Å². The highest BCUT2D eigenvalue weighted by Gasteiger charge is 2.10. The van der Waals surface area contributed by atoms with Crippen molar-refractivity contribution in [2.45, 2.75) is 20.0 Å². The van der Waals surface area contributed by atoms with E-state index in [-0.39, 0.29) is 18.4 Å². The summed E-state index contributed by atoms with van der Waals surface area (Å²) in [7, 11) is 0. The number of carbonyl (C=O) groups excluding carboxylic acids is 1. The molecule has 1 aromatic carbocycles. The maximum absolute atomic E-state index is 12.0. The molecule has 3 aromatic rings. The van der Waals surface area contributed by atoms with Gasteiger partial charge in [0.15, 0.2) is 0 Å². The van der Waals surface area contributed by atoms with E-state index in [9.17, 15) is 4.79 Å². The van der Waals surface area contributed by atoms with Crippen molar-refractivity contribution >= 4 is 46.7 Å². The zero-order chi connectivity index (χ0) is 18.0. The van der Waals surface area contributed by atoms with Crippen LogP contribution in [0, 0.1) is 6.92 Å². The van der Waals surface area contributed by atoms with E-state index in [1.807, 2.05) is 6.07 Å². The summed E-state index contributed by atoms with van der Waals surface area (Å²) in [5, 5.41) is 12.5. The van der Waals surface area contributed by atoms with Crippen molar-refractivity contribution in [2.75, 3.05) is 5.32 Å². The van der Waals surface area contributed by atoms with Crippen LogP contribution in [0.15, 0.2) is 30.7 Å². The third-order valence-electron chi connectivity index (χ3n) is 3.33. The Labute approximate surface area is 158 Å². The summed E-state index contributed by atoms with van der Waals surface area (Å²) in [4.78, 5) is 16.1. The first-order chi connectivity index (χ1) is 11.9. The minimum absolute atomic E-state index is 0.0190. The fourth-order valence-electron chi connectivity index (χ4n) is 2.14. The Bertz CT molecular complexity index is 900. The number of rotatable bonds is 5. The average Bonchev–Trinajstić information content (AvgIpc) is 3.09. The summed E-state index contributed by atoms with van der Waals surface area (Å²) in [6.07, 6.45) is 3.10. The largest absolute Gasteiger partial charge is 0.292 e. The Morgan fingerprint density at radius 2 is 1.96 bits per heavy atom. The predicted molar refractivity (Wildman–Crippen MR) is 96.2 cm³/mol. The average molecular weight is 400 g/mol. The number of aryl methyl sites for hydroxylation is 1. The molecule has 0 fully saturated rings. The lowest BCUT2D eigenvalue weighted by atomic mass is 10.2. The maximum atomic E-state index is 12.0. The molecule has 0 saturated carbocycles. The van der Waals surface area contributed by atoms with E-state index < -0.39 is 0 Å². The van der Waals surface area contributed by atoms with E-state index in [4.69, 9.17) is 34.8 Å². The second kappa shape index (κ2) is 7.43. The summed E-state index contributed by atoms with van der Waals surface area (Å²) in [6, 6.07) is 5.23. The summed E-state index contributed by atoms with van der Waals surface area (Å²) < 4.78 is 3.02. The summed E-state index contributed by atoms with van der Waals surface area (Å²) in [5.41, 5.74) is 1.51. The van der Waals surface area contributed by atoms with E-state index in [1.165, 1.54) is 11.0 Å². The van der Waals surface area contributed by atoms with E-state index in [1.54, 1.807) is 29.9 Å². The molecule has 0 unspecified atom stereocenters. The molecule has 0 atom stereocenters. The van der Waals surface area contributed by atoms with E-state index >= 15 is 0 Å². The highest BCUT2D eigenvalue weighted by atomic mass is 35.5. The Hall–Kier alpha value is -2.09. The molecule has 25 heavy (non-hydrogen) atoms. The molecule has 1 N–H and O–H groups in total. The number of benzene rings is 1. The van der Waals surface area contributed by atoms with E-state index in [2.05, 4.69) is 20.5 Å². The molecular weight excluding hydrogens is 387 g/mol. The number of amides is 1. The number of halogens is 3. The highest BCUT2D eigenvalue weighted by Crippen LogP contribution is 2.21. The van der Waals surface area contributed by atoms with Crippen LogP contribution in [0.5, 0.6) is 0 Å². The van der Waals surface area contributed by atoms with Gasteiger partial charge in [0, 0.05) is 16.2 Å². The molecule has 0 bridgehead atoms. The lowest BCUT2D eigenvalue weighted by Gasteiger charge is -2.04. The Morgan fingerprint density at radius 3 is 2.64 bits per heavy atom. The summed E-state index contributed by atoms with van der Waals surface area (Å²) in [5.74, 6) is -0.105. The van der Waals surface area contributed by atoms with Gasteiger partial charge in [-0.3, -0.25) is 14.8 Å². The van der Waals surface area contributed by atoms with Gasteiger partial charge in [-0.2, -0.15) is 5.10 Å². The van der Waals surface area contributed by atoms with Gasteiger partial charge in [-0.1, -0.05) is 40.9 Å². The molecule has 0 radical (unpaired) electrons. The van der Waals surface area contributed by atoms with Crippen molar-refractivity contribution in [1.29, 1.82) is 0 Å². The summed E-state index contributed by atoms with van der Waals surface area (Å²) >= 11 is 17.9. The minimum atomic E-state index is -0.304. The molecule has 130 valence electrons. The van der Waals surface area contributed by atoms with Crippen LogP contribution in [-0.2, 0) is 17.9 Å². The molecule has 1 amide bonds. The molecular formula is C15H13Cl3N6O. The number of hydrogen-bond acceptors (Lipinski definition) is 4. The number of nitrogens with zero attached hydrogens (tertiary/aromatic N) is 5. The van der Waals surface area contributed by atoms with Gasteiger partial charge in [0.25, 0.3) is 0 Å². The quantitative estimate of drug-likeness (QED) is 0.713. The van der Waals surface area contributed by atoms with Crippen LogP contribution in [0.3, 0.4) is 0 Å². The molecule has 0 spiro atoms. The van der Waals surface area contributed by atoms with Gasteiger partial charge in [0.1, 0.15) is 12.9 Å². The number of hydrogen-bond donors (Lipinski definition) is 1. The zero-order valence-electron chi connectivity index (χ0n) is 13.1. The fraction of sp³-hybridized carbons (Fsp3) is 0.200. The molecule has 2 aromatic heterocycles. The first-order valence-electron chi connectivity index (χ1n) is 7.23. The van der Waals surface area contributed by atoms with Gasteiger partial charge >= 0.3 is 0 Å². The second-order valence-corrected chi connectivity index (χ2v) is 6.56. The Morgan fingerprint density at radius 1 is 1.16 bits per heavy atom. The van der Waals surface area contributed by atoms with Crippen LogP contribution in [0.2, 0.25) is 15.1 Å². The lowest BCUT2D eigenvalue weighted by molar-refractivity contribution is -0.116. The SMILES string of the molecule is Cc1nn(CC(=O)Nc2ncn(Cc3ccc(Cl)cc3Cl)n2)cc1Cl. The van der Waals surface area contributed by atoms with Gasteiger partial charge < -0.3 is 0 Å². The number of anilines is 1. The van der Waals surface area contributed by atoms with Gasteiger partial charge in [0.2, 0.25) is 11.9 Å². The second-order valence-electron chi connectivity index (χ2n) is 5.31. The highest BCUT2D eigenvalue weighted by molar-refractivity contribution is 6.35. The van der Waals surface area contributed by atoms with Crippen molar-refractivity contribution in [3.63, 3.8) is 0 Å². The standard InChI is InChI=1S/C15H13Cl3N6O/c1-9-13(18)6-23(21-9)7-14(25)20-15-19-8-24(22-15)5-10-2-3-11(16)4-12(10)17/h2-4,6,8H,5,7H2,1H3,(H,20,22,25). The van der Waals surface area contributed by atoms with Crippen LogP contribution < -0.4 is 5.32 Å². The molecule has 0 aliphatic carbocycles. The normalized spacial score (nSPS) is 10.9. The van der Waals surface area contributed by atoms with Gasteiger partial charge in [-0.15, -0.1) is 5.10 Å². The monoisotopic (exact) mass is 398 g/mol. The maximum Gasteiger partial charge on any atom is 0.248 e. The molecule has 2 heterocycles. The molecule has 0 saturated heterocycles. The van der Waals surface area contributed by atoms with Crippen molar-refractivity contribution in [2.24, 2.45) is 0 Å². The first-order valence-corrected chi connectivity index (χ1v) is 8.37.